The summed E-state index contributed by atoms with van der Waals surface area (Å²) in [7, 11) is 0. The molecule has 116 valence electrons. The molecule has 0 fully saturated rings. The van der Waals surface area contributed by atoms with Crippen molar-refractivity contribution in [3.05, 3.63) is 58.2 Å². The van der Waals surface area contributed by atoms with E-state index in [0.717, 1.165) is 30.3 Å². The fourth-order valence-corrected chi connectivity index (χ4v) is 2.58. The van der Waals surface area contributed by atoms with Crippen LogP contribution in [0, 0.1) is 5.82 Å². The predicted octanol–water partition coefficient (Wildman–Crippen LogP) is 4.85. The number of halogens is 4. The molecule has 3 nitrogen and oxygen atoms in total. The summed E-state index contributed by atoms with van der Waals surface area (Å²) < 4.78 is 62.3. The van der Waals surface area contributed by atoms with E-state index in [1.54, 1.807) is 0 Å². The Morgan fingerprint density at radius 3 is 2.39 bits per heavy atom. The van der Waals surface area contributed by atoms with Crippen LogP contribution in [0.25, 0.3) is 32.9 Å². The van der Waals surface area contributed by atoms with E-state index in [2.05, 4.69) is 0 Å². The van der Waals surface area contributed by atoms with E-state index in [4.69, 9.17) is 8.83 Å². The molecule has 7 heteroatoms. The molecule has 0 bridgehead atoms. The van der Waals surface area contributed by atoms with Crippen molar-refractivity contribution < 1.29 is 26.4 Å². The van der Waals surface area contributed by atoms with E-state index in [1.165, 1.54) is 6.07 Å². The SMILES string of the molecule is O=c1oc2ccc(F)cc2c2oc3cc(C(F)(F)F)ccc3c12. The van der Waals surface area contributed by atoms with Gasteiger partial charge in [0.15, 0.2) is 5.58 Å². The summed E-state index contributed by atoms with van der Waals surface area (Å²) >= 11 is 0. The molecule has 2 heterocycles. The van der Waals surface area contributed by atoms with Gasteiger partial charge in [0.05, 0.1) is 10.9 Å². The van der Waals surface area contributed by atoms with Crippen molar-refractivity contribution in [3.63, 3.8) is 0 Å². The summed E-state index contributed by atoms with van der Waals surface area (Å²) in [6, 6.07) is 6.29. The van der Waals surface area contributed by atoms with Gasteiger partial charge in [0.25, 0.3) is 0 Å². The highest BCUT2D eigenvalue weighted by Gasteiger charge is 2.31. The largest absolute Gasteiger partial charge is 0.455 e. The zero-order chi connectivity index (χ0) is 16.4. The second-order valence-corrected chi connectivity index (χ2v) is 5.04. The molecule has 0 aliphatic rings. The molecule has 0 aliphatic heterocycles. The molecule has 0 radical (unpaired) electrons. The van der Waals surface area contributed by atoms with Crippen LogP contribution in [0.4, 0.5) is 17.6 Å². The van der Waals surface area contributed by atoms with Crippen LogP contribution >= 0.6 is 0 Å². The number of benzene rings is 2. The van der Waals surface area contributed by atoms with Crippen LogP contribution in [0.15, 0.2) is 50.0 Å². The average Bonchev–Trinajstić information content (AvgIpc) is 2.86. The van der Waals surface area contributed by atoms with Crippen LogP contribution in [-0.2, 0) is 6.18 Å². The monoisotopic (exact) mass is 322 g/mol. The summed E-state index contributed by atoms with van der Waals surface area (Å²) in [5.41, 5.74) is -1.66. The van der Waals surface area contributed by atoms with Gasteiger partial charge in [-0.1, -0.05) is 0 Å². The average molecular weight is 322 g/mol. The Morgan fingerprint density at radius 1 is 0.870 bits per heavy atom. The fourth-order valence-electron chi connectivity index (χ4n) is 2.58. The molecule has 0 aliphatic carbocycles. The van der Waals surface area contributed by atoms with E-state index in [9.17, 15) is 22.4 Å². The van der Waals surface area contributed by atoms with Crippen LogP contribution in [0.5, 0.6) is 0 Å². The van der Waals surface area contributed by atoms with Gasteiger partial charge in [-0.25, -0.2) is 9.18 Å². The van der Waals surface area contributed by atoms with Crippen LogP contribution in [-0.4, -0.2) is 0 Å². The van der Waals surface area contributed by atoms with Crippen LogP contribution in [0.1, 0.15) is 5.56 Å². The lowest BCUT2D eigenvalue weighted by molar-refractivity contribution is -0.137. The molecular weight excluding hydrogens is 316 g/mol. The molecule has 0 N–H and O–H groups in total. The number of alkyl halides is 3. The third-order valence-electron chi connectivity index (χ3n) is 3.61. The summed E-state index contributed by atoms with van der Waals surface area (Å²) in [4.78, 5) is 12.1. The van der Waals surface area contributed by atoms with Crippen molar-refractivity contribution in [2.75, 3.05) is 0 Å². The molecule has 2 aromatic carbocycles. The molecule has 0 spiro atoms. The normalized spacial score (nSPS) is 12.5. The number of furan rings is 1. The van der Waals surface area contributed by atoms with Gasteiger partial charge < -0.3 is 8.83 Å². The van der Waals surface area contributed by atoms with Crippen LogP contribution < -0.4 is 5.63 Å². The molecule has 0 atom stereocenters. The molecule has 0 saturated carbocycles. The maximum atomic E-state index is 13.4. The maximum Gasteiger partial charge on any atom is 0.416 e. The lowest BCUT2D eigenvalue weighted by Crippen LogP contribution is -2.04. The quantitative estimate of drug-likeness (QED) is 0.343. The van der Waals surface area contributed by atoms with E-state index >= 15 is 0 Å². The van der Waals surface area contributed by atoms with Crippen molar-refractivity contribution in [2.45, 2.75) is 6.18 Å². The molecule has 4 rings (SSSR count). The summed E-state index contributed by atoms with van der Waals surface area (Å²) in [5, 5.41) is 0.365. The van der Waals surface area contributed by atoms with E-state index in [-0.39, 0.29) is 32.9 Å². The van der Waals surface area contributed by atoms with Crippen molar-refractivity contribution in [1.82, 2.24) is 0 Å². The minimum Gasteiger partial charge on any atom is -0.455 e. The lowest BCUT2D eigenvalue weighted by atomic mass is 10.1. The first-order valence-corrected chi connectivity index (χ1v) is 6.50. The van der Waals surface area contributed by atoms with Gasteiger partial charge in [0, 0.05) is 5.39 Å². The lowest BCUT2D eigenvalue weighted by Gasteiger charge is -2.04. The number of fused-ring (bicyclic) bond motifs is 5. The third kappa shape index (κ3) is 2.00. The van der Waals surface area contributed by atoms with Crippen LogP contribution in [0.2, 0.25) is 0 Å². The first kappa shape index (κ1) is 13.8. The Hall–Kier alpha value is -2.83. The second kappa shape index (κ2) is 4.34. The predicted molar refractivity (Wildman–Crippen MR) is 74.7 cm³/mol. The highest BCUT2D eigenvalue weighted by atomic mass is 19.4. The van der Waals surface area contributed by atoms with Gasteiger partial charge in [-0.05, 0) is 36.4 Å². The molecule has 0 saturated heterocycles. The van der Waals surface area contributed by atoms with Gasteiger partial charge in [-0.2, -0.15) is 13.2 Å². The molecule has 0 amide bonds. The number of hydrogen-bond acceptors (Lipinski definition) is 3. The minimum absolute atomic E-state index is 0.00470. The Labute approximate surface area is 124 Å². The Bertz CT molecular complexity index is 1140. The Balaban J connectivity index is 2.19. The van der Waals surface area contributed by atoms with Gasteiger partial charge >= 0.3 is 11.8 Å². The highest BCUT2D eigenvalue weighted by Crippen LogP contribution is 2.36. The molecule has 4 aromatic rings. The summed E-state index contributed by atoms with van der Waals surface area (Å²) in [6.07, 6.45) is -4.54. The first-order valence-electron chi connectivity index (χ1n) is 6.50. The van der Waals surface area contributed by atoms with Crippen molar-refractivity contribution in [2.24, 2.45) is 0 Å². The Morgan fingerprint density at radius 2 is 1.65 bits per heavy atom. The molecule has 23 heavy (non-hydrogen) atoms. The highest BCUT2D eigenvalue weighted by molar-refractivity contribution is 6.12. The minimum atomic E-state index is -4.54. The van der Waals surface area contributed by atoms with Crippen molar-refractivity contribution >= 4 is 32.9 Å². The number of hydrogen-bond donors (Lipinski definition) is 0. The molecule has 0 unspecified atom stereocenters. The van der Waals surface area contributed by atoms with Gasteiger partial charge in [0.1, 0.15) is 22.4 Å². The van der Waals surface area contributed by atoms with E-state index in [0.29, 0.717) is 0 Å². The molecule has 2 aromatic heterocycles. The Kier molecular flexibility index (Phi) is 2.61. The second-order valence-electron chi connectivity index (χ2n) is 5.04. The standard InChI is InChI=1S/C16H6F4O3/c17-8-2-4-11-10(6-8)14-13(15(21)23-11)9-3-1-7(16(18,19)20)5-12(9)22-14/h1-6H. The summed E-state index contributed by atoms with van der Waals surface area (Å²) in [6.45, 7) is 0. The maximum absolute atomic E-state index is 13.4. The van der Waals surface area contributed by atoms with Gasteiger partial charge in [-0.15, -0.1) is 0 Å². The summed E-state index contributed by atoms with van der Waals surface area (Å²) in [5.74, 6) is -0.580. The topological polar surface area (TPSA) is 43.4 Å². The smallest absolute Gasteiger partial charge is 0.416 e. The zero-order valence-corrected chi connectivity index (χ0v) is 11.2. The van der Waals surface area contributed by atoms with Crippen molar-refractivity contribution in [3.8, 4) is 0 Å². The van der Waals surface area contributed by atoms with Gasteiger partial charge in [-0.3, -0.25) is 0 Å². The first-order chi connectivity index (χ1) is 10.8. The van der Waals surface area contributed by atoms with Gasteiger partial charge in [0.2, 0.25) is 0 Å². The fraction of sp³-hybridized carbons (Fsp3) is 0.0625. The van der Waals surface area contributed by atoms with Crippen molar-refractivity contribution in [1.29, 1.82) is 0 Å². The zero-order valence-electron chi connectivity index (χ0n) is 11.2. The third-order valence-corrected chi connectivity index (χ3v) is 3.61. The number of rotatable bonds is 0. The van der Waals surface area contributed by atoms with E-state index < -0.39 is 23.2 Å². The van der Waals surface area contributed by atoms with E-state index in [1.807, 2.05) is 0 Å². The molecular formula is C16H6F4O3. The van der Waals surface area contributed by atoms with Crippen LogP contribution in [0.3, 0.4) is 0 Å².